The quantitative estimate of drug-likeness (QED) is 0.891. The molecule has 88 valence electrons. The Balaban J connectivity index is 2.10. The van der Waals surface area contributed by atoms with Crippen LogP contribution in [-0.2, 0) is 0 Å². The fourth-order valence-corrected chi connectivity index (χ4v) is 4.18. The number of thioether (sulfide) groups is 1. The summed E-state index contributed by atoms with van der Waals surface area (Å²) in [4.78, 5) is 1.31. The molecule has 0 saturated heterocycles. The van der Waals surface area contributed by atoms with Crippen LogP contribution in [0.3, 0.4) is 0 Å². The molecule has 2 rings (SSSR count). The molecule has 1 aromatic rings. The molecule has 16 heavy (non-hydrogen) atoms. The molecule has 0 aliphatic heterocycles. The average molecular weight is 300 g/mol. The van der Waals surface area contributed by atoms with E-state index in [0.717, 1.165) is 0 Å². The fourth-order valence-electron chi connectivity index (χ4n) is 2.20. The fraction of sp³-hybridized carbons (Fsp3) is 0.538. The van der Waals surface area contributed by atoms with Gasteiger partial charge in [0.15, 0.2) is 0 Å². The van der Waals surface area contributed by atoms with Gasteiger partial charge in [-0.15, -0.1) is 11.8 Å². The lowest BCUT2D eigenvalue weighted by Crippen LogP contribution is -2.38. The smallest absolute Gasteiger partial charge is 0.0311 e. The van der Waals surface area contributed by atoms with Crippen LogP contribution in [0.15, 0.2) is 33.6 Å². The molecule has 0 heterocycles. The second-order valence-corrected chi connectivity index (χ2v) is 7.28. The summed E-state index contributed by atoms with van der Waals surface area (Å²) in [6.07, 6.45) is 2.45. The first-order chi connectivity index (χ1) is 7.50. The van der Waals surface area contributed by atoms with E-state index in [-0.39, 0.29) is 0 Å². The molecule has 1 aliphatic rings. The van der Waals surface area contributed by atoms with Crippen LogP contribution in [0.2, 0.25) is 0 Å². The molecule has 3 heteroatoms. The predicted octanol–water partition coefficient (Wildman–Crippen LogP) is 4.06. The van der Waals surface area contributed by atoms with Crippen molar-refractivity contribution in [1.29, 1.82) is 0 Å². The van der Waals surface area contributed by atoms with Crippen LogP contribution in [0.5, 0.6) is 0 Å². The van der Waals surface area contributed by atoms with E-state index in [2.05, 4.69) is 48.0 Å². The Bertz CT molecular complexity index is 378. The molecular weight excluding hydrogens is 282 g/mol. The molecule has 2 N–H and O–H groups in total. The molecule has 1 aromatic carbocycles. The van der Waals surface area contributed by atoms with E-state index in [9.17, 15) is 0 Å². The van der Waals surface area contributed by atoms with Crippen LogP contribution in [0.1, 0.15) is 26.7 Å². The van der Waals surface area contributed by atoms with Gasteiger partial charge in [0.1, 0.15) is 0 Å². The van der Waals surface area contributed by atoms with Crippen LogP contribution in [0.4, 0.5) is 0 Å². The molecular formula is C13H18BrNS. The van der Waals surface area contributed by atoms with Crippen LogP contribution >= 0.6 is 27.7 Å². The molecule has 1 aliphatic carbocycles. The highest BCUT2D eigenvalue weighted by Gasteiger charge is 2.39. The van der Waals surface area contributed by atoms with Crippen molar-refractivity contribution >= 4 is 27.7 Å². The number of hydrogen-bond acceptors (Lipinski definition) is 2. The molecule has 0 radical (unpaired) electrons. The standard InChI is InChI=1S/C13H18BrNS/c1-13(2)8-7-11(12(13)15)16-10-6-4-3-5-9(10)14/h3-6,11-12H,7-8,15H2,1-2H3. The molecule has 0 spiro atoms. The molecule has 0 aromatic heterocycles. The summed E-state index contributed by atoms with van der Waals surface area (Å²) in [5.41, 5.74) is 6.61. The molecule has 2 atom stereocenters. The maximum atomic E-state index is 6.32. The van der Waals surface area contributed by atoms with Gasteiger partial charge in [0, 0.05) is 20.7 Å². The minimum Gasteiger partial charge on any atom is -0.326 e. The Labute approximate surface area is 110 Å². The summed E-state index contributed by atoms with van der Waals surface area (Å²) in [7, 11) is 0. The van der Waals surface area contributed by atoms with Crippen molar-refractivity contribution < 1.29 is 0 Å². The third kappa shape index (κ3) is 2.47. The minimum absolute atomic E-state index is 0.291. The Hall–Kier alpha value is 0.01000. The van der Waals surface area contributed by atoms with Crippen molar-refractivity contribution in [2.75, 3.05) is 0 Å². The first-order valence-electron chi connectivity index (χ1n) is 5.67. The number of halogens is 1. The summed E-state index contributed by atoms with van der Waals surface area (Å²) in [6.45, 7) is 4.55. The van der Waals surface area contributed by atoms with E-state index >= 15 is 0 Å². The predicted molar refractivity (Wildman–Crippen MR) is 74.8 cm³/mol. The first-order valence-corrected chi connectivity index (χ1v) is 7.35. The van der Waals surface area contributed by atoms with Gasteiger partial charge in [-0.3, -0.25) is 0 Å². The lowest BCUT2D eigenvalue weighted by molar-refractivity contribution is 0.334. The van der Waals surface area contributed by atoms with Crippen molar-refractivity contribution in [3.05, 3.63) is 28.7 Å². The van der Waals surface area contributed by atoms with Crippen LogP contribution in [-0.4, -0.2) is 11.3 Å². The van der Waals surface area contributed by atoms with Crippen LogP contribution in [0, 0.1) is 5.41 Å². The summed E-state index contributed by atoms with van der Waals surface area (Å²) < 4.78 is 1.18. The Morgan fingerprint density at radius 1 is 1.38 bits per heavy atom. The molecule has 2 unspecified atom stereocenters. The third-order valence-corrected chi connectivity index (χ3v) is 5.89. The van der Waals surface area contributed by atoms with E-state index < -0.39 is 0 Å². The summed E-state index contributed by atoms with van der Waals surface area (Å²) in [5.74, 6) is 0. The van der Waals surface area contributed by atoms with Crippen molar-refractivity contribution in [1.82, 2.24) is 0 Å². The molecule has 1 nitrogen and oxygen atoms in total. The van der Waals surface area contributed by atoms with Crippen LogP contribution < -0.4 is 5.73 Å². The van der Waals surface area contributed by atoms with E-state index in [1.807, 2.05) is 17.8 Å². The first kappa shape index (κ1) is 12.5. The number of hydrogen-bond donors (Lipinski definition) is 1. The average Bonchev–Trinajstić information content (AvgIpc) is 2.49. The summed E-state index contributed by atoms with van der Waals surface area (Å²) in [6, 6.07) is 8.68. The number of benzene rings is 1. The highest BCUT2D eigenvalue weighted by molar-refractivity contribution is 9.10. The monoisotopic (exact) mass is 299 g/mol. The zero-order valence-corrected chi connectivity index (χ0v) is 12.1. The molecule has 0 amide bonds. The molecule has 1 fully saturated rings. The van der Waals surface area contributed by atoms with Crippen molar-refractivity contribution in [3.63, 3.8) is 0 Å². The maximum Gasteiger partial charge on any atom is 0.0311 e. The second-order valence-electron chi connectivity index (χ2n) is 5.14. The van der Waals surface area contributed by atoms with Gasteiger partial charge in [0.05, 0.1) is 0 Å². The second kappa shape index (κ2) is 4.71. The third-order valence-electron chi connectivity index (χ3n) is 3.49. The van der Waals surface area contributed by atoms with Gasteiger partial charge in [-0.1, -0.05) is 26.0 Å². The largest absolute Gasteiger partial charge is 0.326 e. The Morgan fingerprint density at radius 2 is 2.06 bits per heavy atom. The normalized spacial score (nSPS) is 28.2. The van der Waals surface area contributed by atoms with E-state index in [4.69, 9.17) is 5.73 Å². The van der Waals surface area contributed by atoms with Crippen molar-refractivity contribution in [3.8, 4) is 0 Å². The van der Waals surface area contributed by atoms with E-state index in [1.54, 1.807) is 0 Å². The van der Waals surface area contributed by atoms with Gasteiger partial charge in [-0.05, 0) is 46.3 Å². The molecule has 0 bridgehead atoms. The van der Waals surface area contributed by atoms with Gasteiger partial charge in [0.25, 0.3) is 0 Å². The Kier molecular flexibility index (Phi) is 3.67. The summed E-state index contributed by atoms with van der Waals surface area (Å²) >= 11 is 5.51. The lowest BCUT2D eigenvalue weighted by Gasteiger charge is -2.26. The topological polar surface area (TPSA) is 26.0 Å². The van der Waals surface area contributed by atoms with Gasteiger partial charge in [0.2, 0.25) is 0 Å². The van der Waals surface area contributed by atoms with E-state index in [1.165, 1.54) is 22.2 Å². The zero-order valence-electron chi connectivity index (χ0n) is 9.74. The van der Waals surface area contributed by atoms with Gasteiger partial charge in [-0.2, -0.15) is 0 Å². The number of rotatable bonds is 2. The van der Waals surface area contributed by atoms with Gasteiger partial charge >= 0.3 is 0 Å². The maximum absolute atomic E-state index is 6.32. The molecule has 1 saturated carbocycles. The van der Waals surface area contributed by atoms with Crippen molar-refractivity contribution in [2.24, 2.45) is 11.1 Å². The highest BCUT2D eigenvalue weighted by atomic mass is 79.9. The van der Waals surface area contributed by atoms with Crippen molar-refractivity contribution in [2.45, 2.75) is 42.9 Å². The minimum atomic E-state index is 0.291. The van der Waals surface area contributed by atoms with Gasteiger partial charge in [-0.25, -0.2) is 0 Å². The zero-order chi connectivity index (χ0) is 11.8. The van der Waals surface area contributed by atoms with Gasteiger partial charge < -0.3 is 5.73 Å². The van der Waals surface area contributed by atoms with Crippen LogP contribution in [0.25, 0.3) is 0 Å². The SMILES string of the molecule is CC1(C)CCC(Sc2ccccc2Br)C1N. The highest BCUT2D eigenvalue weighted by Crippen LogP contribution is 2.45. The summed E-state index contributed by atoms with van der Waals surface area (Å²) in [5, 5.41) is 0.550. The van der Waals surface area contributed by atoms with E-state index in [0.29, 0.717) is 16.7 Å². The lowest BCUT2D eigenvalue weighted by atomic mass is 9.88. The number of nitrogens with two attached hydrogens (primary N) is 1. The Morgan fingerprint density at radius 3 is 2.62 bits per heavy atom.